The highest BCUT2D eigenvalue weighted by Crippen LogP contribution is 2.52. The zero-order valence-corrected chi connectivity index (χ0v) is 14.4. The molecule has 0 aromatic heterocycles. The van der Waals surface area contributed by atoms with Crippen molar-refractivity contribution in [3.8, 4) is 5.75 Å². The lowest BCUT2D eigenvalue weighted by Gasteiger charge is -2.26. The third-order valence-corrected chi connectivity index (χ3v) is 5.27. The zero-order valence-electron chi connectivity index (χ0n) is 13.5. The Bertz CT molecular complexity index is 507. The highest BCUT2D eigenvalue weighted by atomic mass is 31.2. The number of hydrogen-bond acceptors (Lipinski definition) is 5. The SMILES string of the molecule is CCOP(=O)(OCC)C(Cc1ccc(OC)cc1)NC(C)=O. The second-order valence-corrected chi connectivity index (χ2v) is 6.86. The fourth-order valence-electron chi connectivity index (χ4n) is 2.04. The number of carbonyl (C=O) groups is 1. The molecule has 1 atom stereocenters. The van der Waals surface area contributed by atoms with Gasteiger partial charge in [-0.15, -0.1) is 0 Å². The first-order valence-electron chi connectivity index (χ1n) is 7.24. The van der Waals surface area contributed by atoms with E-state index in [1.807, 2.05) is 24.3 Å². The molecule has 1 N–H and O–H groups in total. The van der Waals surface area contributed by atoms with Crippen LogP contribution in [0, 0.1) is 0 Å². The number of rotatable bonds is 9. The largest absolute Gasteiger partial charge is 0.497 e. The summed E-state index contributed by atoms with van der Waals surface area (Å²) in [5.74, 6) is -0.269. The van der Waals surface area contributed by atoms with E-state index in [2.05, 4.69) is 5.32 Å². The average Bonchev–Trinajstić information content (AvgIpc) is 2.47. The maximum Gasteiger partial charge on any atom is 0.353 e. The quantitative estimate of drug-likeness (QED) is 0.705. The van der Waals surface area contributed by atoms with Crippen LogP contribution in [-0.4, -0.2) is 32.0 Å². The summed E-state index contributed by atoms with van der Waals surface area (Å²) >= 11 is 0. The minimum Gasteiger partial charge on any atom is -0.497 e. The van der Waals surface area contributed by atoms with E-state index in [-0.39, 0.29) is 19.1 Å². The summed E-state index contributed by atoms with van der Waals surface area (Å²) in [7, 11) is -1.84. The molecule has 1 aromatic rings. The summed E-state index contributed by atoms with van der Waals surface area (Å²) in [4.78, 5) is 11.4. The van der Waals surface area contributed by atoms with Crippen molar-refractivity contribution in [1.29, 1.82) is 0 Å². The summed E-state index contributed by atoms with van der Waals surface area (Å²) in [6.07, 6.45) is 0.348. The van der Waals surface area contributed by atoms with Crippen LogP contribution in [0.25, 0.3) is 0 Å². The Morgan fingerprint density at radius 1 is 1.18 bits per heavy atom. The molecule has 6 nitrogen and oxygen atoms in total. The molecule has 0 radical (unpaired) electrons. The van der Waals surface area contributed by atoms with E-state index in [0.29, 0.717) is 6.42 Å². The molecule has 0 aliphatic heterocycles. The molecule has 1 rings (SSSR count). The Morgan fingerprint density at radius 2 is 1.73 bits per heavy atom. The fourth-order valence-corrected chi connectivity index (χ4v) is 3.97. The third-order valence-electron chi connectivity index (χ3n) is 2.96. The average molecular weight is 329 g/mol. The molecular formula is C15H24NO5P. The predicted molar refractivity (Wildman–Crippen MR) is 85.2 cm³/mol. The van der Waals surface area contributed by atoms with E-state index in [1.165, 1.54) is 6.92 Å². The van der Waals surface area contributed by atoms with E-state index in [4.69, 9.17) is 13.8 Å². The first-order chi connectivity index (χ1) is 10.4. The van der Waals surface area contributed by atoms with Crippen LogP contribution in [0.1, 0.15) is 26.3 Å². The van der Waals surface area contributed by atoms with E-state index in [9.17, 15) is 9.36 Å². The van der Waals surface area contributed by atoms with E-state index in [1.54, 1.807) is 21.0 Å². The van der Waals surface area contributed by atoms with Gasteiger partial charge in [0.25, 0.3) is 0 Å². The van der Waals surface area contributed by atoms with Crippen LogP contribution < -0.4 is 10.1 Å². The van der Waals surface area contributed by atoms with Gasteiger partial charge in [0.2, 0.25) is 5.91 Å². The van der Waals surface area contributed by atoms with Crippen LogP contribution in [0.3, 0.4) is 0 Å². The van der Waals surface area contributed by atoms with Crippen LogP contribution in [-0.2, 0) is 24.8 Å². The summed E-state index contributed by atoms with van der Waals surface area (Å²) in [5, 5.41) is 2.68. The van der Waals surface area contributed by atoms with Gasteiger partial charge in [-0.05, 0) is 31.5 Å². The number of amides is 1. The van der Waals surface area contributed by atoms with Crippen LogP contribution in [0.2, 0.25) is 0 Å². The maximum absolute atomic E-state index is 12.9. The molecule has 0 spiro atoms. The van der Waals surface area contributed by atoms with Crippen molar-refractivity contribution in [1.82, 2.24) is 5.32 Å². The van der Waals surface area contributed by atoms with Crippen molar-refractivity contribution in [2.24, 2.45) is 0 Å². The molecule has 0 saturated heterocycles. The number of carbonyl (C=O) groups excluding carboxylic acids is 1. The van der Waals surface area contributed by atoms with Gasteiger partial charge in [0.1, 0.15) is 11.5 Å². The highest BCUT2D eigenvalue weighted by molar-refractivity contribution is 7.54. The van der Waals surface area contributed by atoms with Gasteiger partial charge in [-0.3, -0.25) is 9.36 Å². The number of ether oxygens (including phenoxy) is 1. The Hall–Kier alpha value is -1.36. The monoisotopic (exact) mass is 329 g/mol. The number of nitrogens with one attached hydrogen (secondary N) is 1. The van der Waals surface area contributed by atoms with Gasteiger partial charge in [0, 0.05) is 13.3 Å². The number of benzene rings is 1. The smallest absolute Gasteiger partial charge is 0.353 e. The van der Waals surface area contributed by atoms with Crippen molar-refractivity contribution < 1.29 is 23.1 Å². The Kier molecular flexibility index (Phi) is 7.59. The maximum atomic E-state index is 12.9. The van der Waals surface area contributed by atoms with E-state index in [0.717, 1.165) is 11.3 Å². The fraction of sp³-hybridized carbons (Fsp3) is 0.533. The van der Waals surface area contributed by atoms with Crippen molar-refractivity contribution >= 4 is 13.5 Å². The molecule has 0 heterocycles. The normalized spacial score (nSPS) is 12.7. The summed E-state index contributed by atoms with van der Waals surface area (Å²) in [6.45, 7) is 5.35. The standard InChI is InChI=1S/C15H24NO5P/c1-5-20-22(18,21-6-2)15(16-12(3)17)11-13-7-9-14(19-4)10-8-13/h7-10,15H,5-6,11H2,1-4H3,(H,16,17). The molecule has 0 aliphatic rings. The molecule has 7 heteroatoms. The van der Waals surface area contributed by atoms with Gasteiger partial charge in [-0.1, -0.05) is 12.1 Å². The second-order valence-electron chi connectivity index (χ2n) is 4.64. The Balaban J connectivity index is 2.99. The highest BCUT2D eigenvalue weighted by Gasteiger charge is 2.36. The van der Waals surface area contributed by atoms with Gasteiger partial charge in [-0.2, -0.15) is 0 Å². The zero-order chi connectivity index (χ0) is 16.6. The molecule has 1 aromatic carbocycles. The van der Waals surface area contributed by atoms with E-state index < -0.39 is 13.4 Å². The molecule has 0 saturated carbocycles. The van der Waals surface area contributed by atoms with Gasteiger partial charge in [0.05, 0.1) is 20.3 Å². The first-order valence-corrected chi connectivity index (χ1v) is 8.85. The Morgan fingerprint density at radius 3 is 2.14 bits per heavy atom. The summed E-state index contributed by atoms with van der Waals surface area (Å²) in [5.41, 5.74) is 0.902. The molecule has 22 heavy (non-hydrogen) atoms. The lowest BCUT2D eigenvalue weighted by Crippen LogP contribution is -2.36. The molecule has 0 bridgehead atoms. The van der Waals surface area contributed by atoms with E-state index >= 15 is 0 Å². The van der Waals surface area contributed by atoms with Crippen molar-refractivity contribution in [2.45, 2.75) is 33.0 Å². The van der Waals surface area contributed by atoms with Gasteiger partial charge in [-0.25, -0.2) is 0 Å². The predicted octanol–water partition coefficient (Wildman–Crippen LogP) is 2.97. The summed E-state index contributed by atoms with van der Waals surface area (Å²) < 4.78 is 28.7. The molecule has 1 amide bonds. The minimum absolute atomic E-state index is 0.246. The van der Waals surface area contributed by atoms with Gasteiger partial charge in [0.15, 0.2) is 0 Å². The summed E-state index contributed by atoms with van der Waals surface area (Å²) in [6, 6.07) is 7.34. The first kappa shape index (κ1) is 18.7. The van der Waals surface area contributed by atoms with Crippen LogP contribution >= 0.6 is 7.60 Å². The van der Waals surface area contributed by atoms with Crippen LogP contribution in [0.4, 0.5) is 0 Å². The molecule has 1 unspecified atom stereocenters. The van der Waals surface area contributed by atoms with Crippen molar-refractivity contribution in [2.75, 3.05) is 20.3 Å². The minimum atomic E-state index is -3.43. The van der Waals surface area contributed by atoms with Crippen molar-refractivity contribution in [3.63, 3.8) is 0 Å². The third kappa shape index (κ3) is 5.44. The number of methoxy groups -OCH3 is 1. The topological polar surface area (TPSA) is 73.9 Å². The van der Waals surface area contributed by atoms with Crippen molar-refractivity contribution in [3.05, 3.63) is 29.8 Å². The lowest BCUT2D eigenvalue weighted by molar-refractivity contribution is -0.119. The van der Waals surface area contributed by atoms with Gasteiger partial charge >= 0.3 is 7.60 Å². The molecular weight excluding hydrogens is 305 g/mol. The van der Waals surface area contributed by atoms with Crippen LogP contribution in [0.5, 0.6) is 5.75 Å². The van der Waals surface area contributed by atoms with Crippen LogP contribution in [0.15, 0.2) is 24.3 Å². The number of hydrogen-bond donors (Lipinski definition) is 1. The molecule has 0 fully saturated rings. The van der Waals surface area contributed by atoms with Gasteiger partial charge < -0.3 is 19.1 Å². The molecule has 124 valence electrons. The lowest BCUT2D eigenvalue weighted by atomic mass is 10.1. The molecule has 0 aliphatic carbocycles. The second kappa shape index (κ2) is 8.93. The Labute approximate surface area is 131 Å².